The van der Waals surface area contributed by atoms with Crippen molar-refractivity contribution in [2.24, 2.45) is 5.92 Å². The van der Waals surface area contributed by atoms with Crippen molar-refractivity contribution in [2.45, 2.75) is 38.5 Å². The van der Waals surface area contributed by atoms with Gasteiger partial charge in [-0.3, -0.25) is 0 Å². The molecule has 4 heteroatoms. The van der Waals surface area contributed by atoms with Gasteiger partial charge < -0.3 is 10.6 Å². The molecule has 3 rings (SSSR count). The molecule has 2 fully saturated rings. The summed E-state index contributed by atoms with van der Waals surface area (Å²) in [5, 5.41) is 6.72. The maximum atomic E-state index is 4.62. The molecule has 17 heavy (non-hydrogen) atoms. The number of nitrogens with one attached hydrogen (secondary N) is 2. The number of aromatic nitrogens is 2. The van der Waals surface area contributed by atoms with Gasteiger partial charge in [-0.05, 0) is 38.5 Å². The summed E-state index contributed by atoms with van der Waals surface area (Å²) in [6.45, 7) is 4.06. The van der Waals surface area contributed by atoms with Crippen LogP contribution in [0.15, 0.2) is 6.07 Å². The SMILES string of the molecule is CCNc1cc(NCC2CC2)nc(C2CC2)n1. The van der Waals surface area contributed by atoms with E-state index in [1.807, 2.05) is 6.07 Å². The molecule has 2 N–H and O–H groups in total. The third-order valence-electron chi connectivity index (χ3n) is 3.31. The van der Waals surface area contributed by atoms with Crippen molar-refractivity contribution >= 4 is 11.6 Å². The Bertz CT molecular complexity index is 396. The Kier molecular flexibility index (Phi) is 2.87. The van der Waals surface area contributed by atoms with Crippen molar-refractivity contribution in [1.82, 2.24) is 9.97 Å². The highest BCUT2D eigenvalue weighted by molar-refractivity contribution is 5.48. The summed E-state index contributed by atoms with van der Waals surface area (Å²) in [5.41, 5.74) is 0. The summed E-state index contributed by atoms with van der Waals surface area (Å²) in [4.78, 5) is 9.18. The number of hydrogen-bond donors (Lipinski definition) is 2. The van der Waals surface area contributed by atoms with Crippen LogP contribution in [0, 0.1) is 5.92 Å². The van der Waals surface area contributed by atoms with E-state index in [2.05, 4.69) is 27.5 Å². The van der Waals surface area contributed by atoms with Gasteiger partial charge in [0.25, 0.3) is 0 Å². The highest BCUT2D eigenvalue weighted by atomic mass is 15.1. The molecule has 2 saturated carbocycles. The minimum atomic E-state index is 0.607. The van der Waals surface area contributed by atoms with E-state index < -0.39 is 0 Å². The summed E-state index contributed by atoms with van der Waals surface area (Å²) in [6, 6.07) is 2.03. The molecule has 1 aromatic rings. The van der Waals surface area contributed by atoms with Crippen LogP contribution in [0.1, 0.15) is 44.3 Å². The van der Waals surface area contributed by atoms with Gasteiger partial charge in [0.2, 0.25) is 0 Å². The van der Waals surface area contributed by atoms with Gasteiger partial charge in [-0.2, -0.15) is 0 Å². The van der Waals surface area contributed by atoms with Crippen LogP contribution in [-0.4, -0.2) is 23.1 Å². The number of anilines is 2. The summed E-state index contributed by atoms with van der Waals surface area (Å²) in [5.74, 6) is 4.45. The Morgan fingerprint density at radius 3 is 2.41 bits per heavy atom. The normalized spacial score (nSPS) is 19.1. The fourth-order valence-corrected chi connectivity index (χ4v) is 1.92. The van der Waals surface area contributed by atoms with E-state index in [1.165, 1.54) is 25.7 Å². The van der Waals surface area contributed by atoms with Crippen LogP contribution in [0.3, 0.4) is 0 Å². The topological polar surface area (TPSA) is 49.8 Å². The second-order valence-electron chi connectivity index (χ2n) is 5.13. The van der Waals surface area contributed by atoms with Crippen LogP contribution >= 0.6 is 0 Å². The molecule has 1 aromatic heterocycles. The lowest BCUT2D eigenvalue weighted by Gasteiger charge is -2.09. The van der Waals surface area contributed by atoms with Crippen LogP contribution in [0.4, 0.5) is 11.6 Å². The molecule has 1 heterocycles. The molecule has 0 unspecified atom stereocenters. The summed E-state index contributed by atoms with van der Waals surface area (Å²) in [6.07, 6.45) is 5.23. The predicted molar refractivity (Wildman–Crippen MR) is 69.4 cm³/mol. The summed E-state index contributed by atoms with van der Waals surface area (Å²) < 4.78 is 0. The first-order valence-electron chi connectivity index (χ1n) is 6.72. The van der Waals surface area contributed by atoms with Crippen molar-refractivity contribution in [3.05, 3.63) is 11.9 Å². The van der Waals surface area contributed by atoms with Gasteiger partial charge >= 0.3 is 0 Å². The Balaban J connectivity index is 1.74. The van der Waals surface area contributed by atoms with Crippen LogP contribution < -0.4 is 10.6 Å². The third-order valence-corrected chi connectivity index (χ3v) is 3.31. The number of nitrogens with zero attached hydrogens (tertiary/aromatic N) is 2. The van der Waals surface area contributed by atoms with Crippen LogP contribution in [-0.2, 0) is 0 Å². The Labute approximate surface area is 102 Å². The maximum absolute atomic E-state index is 4.62. The van der Waals surface area contributed by atoms with Crippen LogP contribution in [0.2, 0.25) is 0 Å². The summed E-state index contributed by atoms with van der Waals surface area (Å²) in [7, 11) is 0. The van der Waals surface area contributed by atoms with E-state index >= 15 is 0 Å². The molecular formula is C13H20N4. The molecule has 0 saturated heterocycles. The third kappa shape index (κ3) is 2.87. The minimum absolute atomic E-state index is 0.607. The largest absolute Gasteiger partial charge is 0.370 e. The Hall–Kier alpha value is -1.32. The first kappa shape index (κ1) is 10.8. The van der Waals surface area contributed by atoms with Gasteiger partial charge in [0.1, 0.15) is 17.5 Å². The predicted octanol–water partition coefficient (Wildman–Crippen LogP) is 2.61. The van der Waals surface area contributed by atoms with E-state index in [4.69, 9.17) is 0 Å². The quantitative estimate of drug-likeness (QED) is 0.791. The van der Waals surface area contributed by atoms with Crippen LogP contribution in [0.25, 0.3) is 0 Å². The van der Waals surface area contributed by atoms with E-state index in [9.17, 15) is 0 Å². The molecule has 2 aliphatic rings. The average Bonchev–Trinajstić information content (AvgIpc) is 3.17. The van der Waals surface area contributed by atoms with Crippen molar-refractivity contribution < 1.29 is 0 Å². The molecular weight excluding hydrogens is 212 g/mol. The highest BCUT2D eigenvalue weighted by Crippen LogP contribution is 2.39. The maximum Gasteiger partial charge on any atom is 0.136 e. The number of rotatable bonds is 6. The number of hydrogen-bond acceptors (Lipinski definition) is 4. The smallest absolute Gasteiger partial charge is 0.136 e. The van der Waals surface area contributed by atoms with E-state index in [0.29, 0.717) is 5.92 Å². The first-order valence-corrected chi connectivity index (χ1v) is 6.72. The van der Waals surface area contributed by atoms with E-state index in [1.54, 1.807) is 0 Å². The molecule has 0 spiro atoms. The van der Waals surface area contributed by atoms with Gasteiger partial charge in [0, 0.05) is 25.1 Å². The van der Waals surface area contributed by atoms with Crippen molar-refractivity contribution in [3.63, 3.8) is 0 Å². The van der Waals surface area contributed by atoms with Crippen molar-refractivity contribution in [2.75, 3.05) is 23.7 Å². The van der Waals surface area contributed by atoms with Gasteiger partial charge in [0.15, 0.2) is 0 Å². The Morgan fingerprint density at radius 1 is 1.12 bits per heavy atom. The zero-order valence-corrected chi connectivity index (χ0v) is 10.4. The lowest BCUT2D eigenvalue weighted by atomic mass is 10.3. The molecule has 0 atom stereocenters. The summed E-state index contributed by atoms with van der Waals surface area (Å²) >= 11 is 0. The standard InChI is InChI=1S/C13H20N4/c1-2-14-11-7-12(15-8-9-3-4-9)17-13(16-11)10-5-6-10/h7,9-10H,2-6,8H2,1H3,(H2,14,15,16,17). The van der Waals surface area contributed by atoms with E-state index in [-0.39, 0.29) is 0 Å². The molecule has 4 nitrogen and oxygen atoms in total. The van der Waals surface area contributed by atoms with Crippen molar-refractivity contribution in [1.29, 1.82) is 0 Å². The highest BCUT2D eigenvalue weighted by Gasteiger charge is 2.27. The lowest BCUT2D eigenvalue weighted by molar-refractivity contribution is 0.866. The molecule has 92 valence electrons. The van der Waals surface area contributed by atoms with E-state index in [0.717, 1.165) is 36.5 Å². The first-order chi connectivity index (χ1) is 8.35. The van der Waals surface area contributed by atoms with Crippen LogP contribution in [0.5, 0.6) is 0 Å². The molecule has 0 aromatic carbocycles. The fraction of sp³-hybridized carbons (Fsp3) is 0.692. The molecule has 0 bridgehead atoms. The zero-order chi connectivity index (χ0) is 11.7. The minimum Gasteiger partial charge on any atom is -0.370 e. The second-order valence-corrected chi connectivity index (χ2v) is 5.13. The van der Waals surface area contributed by atoms with Gasteiger partial charge in [-0.1, -0.05) is 0 Å². The molecule has 0 radical (unpaired) electrons. The lowest BCUT2D eigenvalue weighted by Crippen LogP contribution is -2.09. The second kappa shape index (κ2) is 4.51. The Morgan fingerprint density at radius 2 is 1.82 bits per heavy atom. The fourth-order valence-electron chi connectivity index (χ4n) is 1.92. The van der Waals surface area contributed by atoms with Crippen molar-refractivity contribution in [3.8, 4) is 0 Å². The zero-order valence-electron chi connectivity index (χ0n) is 10.4. The molecule has 0 aliphatic heterocycles. The molecule has 2 aliphatic carbocycles. The average molecular weight is 232 g/mol. The van der Waals surface area contributed by atoms with Gasteiger partial charge in [-0.15, -0.1) is 0 Å². The monoisotopic (exact) mass is 232 g/mol. The van der Waals surface area contributed by atoms with Gasteiger partial charge in [0.05, 0.1) is 0 Å². The van der Waals surface area contributed by atoms with Gasteiger partial charge in [-0.25, -0.2) is 9.97 Å². The molecule has 0 amide bonds.